The maximum atomic E-state index is 11.1. The number of quaternary nitrogens is 1. The Balaban J connectivity index is 0.00000400. The van der Waals surface area contributed by atoms with E-state index in [-0.39, 0.29) is 12.6 Å². The number of carbonyl (C=O) groups is 2. The highest BCUT2D eigenvalue weighted by Gasteiger charge is 2.52. The number of aliphatic carboxylic acids is 1. The highest BCUT2D eigenvalue weighted by molar-refractivity contribution is 5.76. The van der Waals surface area contributed by atoms with Crippen LogP contribution in [-0.4, -0.2) is 74.2 Å². The molecular formula is C11H23N2O8+. The third-order valence-corrected chi connectivity index (χ3v) is 3.09. The van der Waals surface area contributed by atoms with Crippen molar-refractivity contribution in [2.45, 2.75) is 49.9 Å². The maximum absolute atomic E-state index is 11.1. The van der Waals surface area contributed by atoms with Gasteiger partial charge in [-0.25, -0.2) is 4.79 Å². The molecule has 1 aliphatic rings. The summed E-state index contributed by atoms with van der Waals surface area (Å²) in [7, 11) is 0. The molecule has 0 unspecified atom stereocenters. The first-order valence-electron chi connectivity index (χ1n) is 6.09. The summed E-state index contributed by atoms with van der Waals surface area (Å²) in [4.78, 5) is 22.1. The highest BCUT2D eigenvalue weighted by Crippen LogP contribution is 2.30. The summed E-state index contributed by atoms with van der Waals surface area (Å²) >= 11 is 0. The van der Waals surface area contributed by atoms with Crippen LogP contribution in [0.25, 0.3) is 0 Å². The summed E-state index contributed by atoms with van der Waals surface area (Å²) in [6.07, 6.45) is -4.97. The lowest BCUT2D eigenvalue weighted by molar-refractivity contribution is -0.289. The largest absolute Gasteiger partial charge is 0.477 e. The minimum Gasteiger partial charge on any atom is -0.477 e. The molecule has 1 aliphatic heterocycles. The van der Waals surface area contributed by atoms with Crippen LogP contribution >= 0.6 is 0 Å². The zero-order chi connectivity index (χ0) is 15.5. The third kappa shape index (κ3) is 4.59. The summed E-state index contributed by atoms with van der Waals surface area (Å²) in [6, 6.07) is -1.09. The van der Waals surface area contributed by atoms with E-state index >= 15 is 0 Å². The zero-order valence-corrected chi connectivity index (χ0v) is 11.9. The molecule has 1 fully saturated rings. The first-order chi connectivity index (χ1) is 9.21. The third-order valence-electron chi connectivity index (χ3n) is 3.09. The van der Waals surface area contributed by atoms with Gasteiger partial charge in [0, 0.05) is 20.0 Å². The lowest BCUT2D eigenvalue weighted by atomic mass is 9.89. The Bertz CT molecular complexity index is 379. The van der Waals surface area contributed by atoms with Crippen molar-refractivity contribution in [3.8, 4) is 0 Å². The lowest BCUT2D eigenvalue weighted by Gasteiger charge is -2.44. The molecule has 0 bridgehead atoms. The normalized spacial score (nSPS) is 33.7. The molecule has 0 aromatic rings. The van der Waals surface area contributed by atoms with Crippen LogP contribution in [-0.2, 0) is 14.3 Å². The van der Waals surface area contributed by atoms with Crippen molar-refractivity contribution in [2.75, 3.05) is 6.61 Å². The number of amides is 1. The molecule has 0 spiro atoms. The highest BCUT2D eigenvalue weighted by atomic mass is 16.7. The number of carboxylic acid groups (broad SMARTS) is 1. The van der Waals surface area contributed by atoms with E-state index in [1.54, 1.807) is 0 Å². The first-order valence-corrected chi connectivity index (χ1v) is 6.09. The Hall–Kier alpha value is -1.30. The number of carbonyl (C=O) groups excluding carboxylic acids is 1. The predicted molar refractivity (Wildman–Crippen MR) is 69.4 cm³/mol. The van der Waals surface area contributed by atoms with Gasteiger partial charge in [-0.15, -0.1) is 0 Å². The number of hydrogen-bond acceptors (Lipinski definition) is 7. The molecule has 124 valence electrons. The molecule has 1 amide bonds. The zero-order valence-electron chi connectivity index (χ0n) is 11.9. The Labute approximate surface area is 120 Å². The van der Waals surface area contributed by atoms with Crippen LogP contribution in [0, 0.1) is 0 Å². The Morgan fingerprint density at radius 3 is 2.48 bits per heavy atom. The topological polar surface area (TPSA) is 193 Å². The van der Waals surface area contributed by atoms with Gasteiger partial charge in [0.2, 0.25) is 5.91 Å². The minimum absolute atomic E-state index is 0. The summed E-state index contributed by atoms with van der Waals surface area (Å²) in [6.45, 7) is 0.773. The van der Waals surface area contributed by atoms with E-state index in [2.05, 4.69) is 5.32 Å². The van der Waals surface area contributed by atoms with E-state index in [1.807, 2.05) is 0 Å². The van der Waals surface area contributed by atoms with Gasteiger partial charge < -0.3 is 41.7 Å². The number of aliphatic hydroxyl groups is 4. The molecule has 0 aliphatic carbocycles. The molecule has 10 N–H and O–H groups in total. The molecule has 21 heavy (non-hydrogen) atoms. The number of carboxylic acids is 1. The lowest BCUT2D eigenvalue weighted by Crippen LogP contribution is -2.65. The van der Waals surface area contributed by atoms with Gasteiger partial charge in [-0.3, -0.25) is 4.79 Å². The van der Waals surface area contributed by atoms with Gasteiger partial charge in [-0.1, -0.05) is 0 Å². The maximum Gasteiger partial charge on any atom is 0.364 e. The van der Waals surface area contributed by atoms with Crippen LogP contribution in [0.15, 0.2) is 0 Å². The standard InChI is InChI=1S/C11H19NO8.H3N/c1-5(14)12-8-7(16)4-11(19,10(17)18)20-9(8)6(15)2-3-13;/h6-9,13,15-16,19H,2-4H2,1H3,(H,12,14)(H,17,18);1H3/p+1/t6-,7+,8-,9+,11+;/m1./s1. The summed E-state index contributed by atoms with van der Waals surface area (Å²) in [5.41, 5.74) is 0. The molecule has 0 aromatic carbocycles. The van der Waals surface area contributed by atoms with Crippen molar-refractivity contribution in [1.29, 1.82) is 0 Å². The molecule has 0 aromatic heterocycles. The second-order valence-corrected chi connectivity index (χ2v) is 4.75. The van der Waals surface area contributed by atoms with E-state index in [1.165, 1.54) is 6.92 Å². The quantitative estimate of drug-likeness (QED) is 0.290. The first kappa shape index (κ1) is 19.7. The van der Waals surface area contributed by atoms with Crippen molar-refractivity contribution in [1.82, 2.24) is 11.5 Å². The Morgan fingerprint density at radius 2 is 2.05 bits per heavy atom. The monoisotopic (exact) mass is 311 g/mol. The van der Waals surface area contributed by atoms with Gasteiger partial charge in [-0.05, 0) is 6.42 Å². The van der Waals surface area contributed by atoms with Gasteiger partial charge in [0.15, 0.2) is 0 Å². The average molecular weight is 311 g/mol. The van der Waals surface area contributed by atoms with Crippen LogP contribution in [0.4, 0.5) is 0 Å². The van der Waals surface area contributed by atoms with Gasteiger partial charge in [-0.2, -0.15) is 0 Å². The summed E-state index contributed by atoms with van der Waals surface area (Å²) in [5, 5.41) is 49.6. The van der Waals surface area contributed by atoms with E-state index < -0.39 is 55.0 Å². The Kier molecular flexibility index (Phi) is 7.16. The van der Waals surface area contributed by atoms with Crippen LogP contribution in [0.5, 0.6) is 0 Å². The second-order valence-electron chi connectivity index (χ2n) is 4.75. The Morgan fingerprint density at radius 1 is 1.48 bits per heavy atom. The SMILES string of the molecule is CC(=O)N[C@H]1[C@H]([C@H](O)CCO)O[C@](O)(C(=O)O)C[C@@H]1O.[NH4+]. The molecule has 0 radical (unpaired) electrons. The second kappa shape index (κ2) is 7.64. The van der Waals surface area contributed by atoms with Gasteiger partial charge in [0.1, 0.15) is 6.10 Å². The molecule has 1 rings (SSSR count). The van der Waals surface area contributed by atoms with Crippen molar-refractivity contribution in [3.05, 3.63) is 0 Å². The van der Waals surface area contributed by atoms with Crippen molar-refractivity contribution >= 4 is 11.9 Å². The number of aliphatic hydroxyl groups excluding tert-OH is 3. The van der Waals surface area contributed by atoms with Crippen molar-refractivity contribution in [2.24, 2.45) is 0 Å². The number of ether oxygens (including phenoxy) is 1. The van der Waals surface area contributed by atoms with E-state index in [4.69, 9.17) is 14.9 Å². The number of nitrogens with one attached hydrogen (secondary N) is 1. The number of hydrogen-bond donors (Lipinski definition) is 7. The molecule has 10 heteroatoms. The van der Waals surface area contributed by atoms with Crippen LogP contribution in [0.3, 0.4) is 0 Å². The van der Waals surface area contributed by atoms with Crippen molar-refractivity contribution < 1.29 is 39.9 Å². The van der Waals surface area contributed by atoms with Crippen LogP contribution < -0.4 is 11.5 Å². The van der Waals surface area contributed by atoms with Crippen molar-refractivity contribution in [3.63, 3.8) is 0 Å². The molecule has 1 saturated heterocycles. The molecule has 5 atom stereocenters. The molecule has 0 saturated carbocycles. The van der Waals surface area contributed by atoms with Gasteiger partial charge in [0.25, 0.3) is 5.79 Å². The van der Waals surface area contributed by atoms with E-state index in [9.17, 15) is 24.9 Å². The predicted octanol–water partition coefficient (Wildman–Crippen LogP) is -2.47. The smallest absolute Gasteiger partial charge is 0.364 e. The fourth-order valence-electron chi connectivity index (χ4n) is 2.14. The molecular weight excluding hydrogens is 288 g/mol. The minimum atomic E-state index is -2.66. The molecule has 10 nitrogen and oxygen atoms in total. The van der Waals surface area contributed by atoms with Crippen LogP contribution in [0.1, 0.15) is 19.8 Å². The van der Waals surface area contributed by atoms with Gasteiger partial charge in [0.05, 0.1) is 18.2 Å². The number of rotatable bonds is 5. The van der Waals surface area contributed by atoms with Crippen LogP contribution in [0.2, 0.25) is 0 Å². The summed E-state index contributed by atoms with van der Waals surface area (Å²) < 4.78 is 4.95. The van der Waals surface area contributed by atoms with E-state index in [0.717, 1.165) is 0 Å². The average Bonchev–Trinajstić information content (AvgIpc) is 2.32. The fraction of sp³-hybridized carbons (Fsp3) is 0.818. The fourth-order valence-corrected chi connectivity index (χ4v) is 2.14. The van der Waals surface area contributed by atoms with Gasteiger partial charge >= 0.3 is 5.97 Å². The van der Waals surface area contributed by atoms with E-state index in [0.29, 0.717) is 0 Å². The molecule has 1 heterocycles. The summed E-state index contributed by atoms with van der Waals surface area (Å²) in [5.74, 6) is -4.88.